The van der Waals surface area contributed by atoms with E-state index in [-0.39, 0.29) is 0 Å². The van der Waals surface area contributed by atoms with Gasteiger partial charge < -0.3 is 14.4 Å². The molecule has 1 aliphatic heterocycles. The second-order valence-electron chi connectivity index (χ2n) is 4.98. The van der Waals surface area contributed by atoms with Crippen LogP contribution < -0.4 is 14.4 Å². The molecule has 3 heteroatoms. The second kappa shape index (κ2) is 7.85. The van der Waals surface area contributed by atoms with E-state index in [4.69, 9.17) is 9.47 Å². The zero-order chi connectivity index (χ0) is 13.3. The topological polar surface area (TPSA) is 22.9 Å². The summed E-state index contributed by atoms with van der Waals surface area (Å²) in [5.41, 5.74) is 0. The summed E-state index contributed by atoms with van der Waals surface area (Å²) < 4.78 is 11.2. The first kappa shape index (κ1) is 13.9. The van der Waals surface area contributed by atoms with Crippen molar-refractivity contribution >= 4 is 0 Å². The Hall–Kier alpha value is -1.48. The van der Waals surface area contributed by atoms with Crippen LogP contribution in [0.15, 0.2) is 36.9 Å². The first-order chi connectivity index (χ1) is 9.38. The van der Waals surface area contributed by atoms with Crippen LogP contribution in [0.25, 0.3) is 0 Å². The Morgan fingerprint density at radius 3 is 2.26 bits per heavy atom. The number of likely N-dealkylation sites (tertiary alicyclic amines) is 1. The minimum atomic E-state index is 0.540. The molecule has 1 aromatic rings. The van der Waals surface area contributed by atoms with Gasteiger partial charge in [-0.1, -0.05) is 12.7 Å². The van der Waals surface area contributed by atoms with Crippen molar-refractivity contribution in [3.63, 3.8) is 0 Å². The van der Waals surface area contributed by atoms with Gasteiger partial charge in [0.25, 0.3) is 0 Å². The maximum absolute atomic E-state index is 5.77. The van der Waals surface area contributed by atoms with Crippen LogP contribution in [0.1, 0.15) is 19.3 Å². The molecule has 0 unspecified atom stereocenters. The molecule has 19 heavy (non-hydrogen) atoms. The van der Waals surface area contributed by atoms with Crippen molar-refractivity contribution in [3.8, 4) is 11.5 Å². The largest absolute Gasteiger partial charge is 0.490 e. The van der Waals surface area contributed by atoms with Gasteiger partial charge in [-0.15, -0.1) is 0 Å². The fourth-order valence-electron chi connectivity index (χ4n) is 2.40. The number of rotatable bonds is 7. The molecular weight excluding hydrogens is 238 g/mol. The summed E-state index contributed by atoms with van der Waals surface area (Å²) in [6.45, 7) is 8.67. The molecule has 0 spiro atoms. The Kier molecular flexibility index (Phi) is 5.76. The van der Waals surface area contributed by atoms with Gasteiger partial charge in [0.15, 0.2) is 0 Å². The highest BCUT2D eigenvalue weighted by Crippen LogP contribution is 2.17. The molecule has 0 atom stereocenters. The average Bonchev–Trinajstić information content (AvgIpc) is 2.47. The first-order valence-electron chi connectivity index (χ1n) is 7.18. The number of nitrogens with one attached hydrogen (secondary N) is 1. The molecular formula is C16H24NO2+. The lowest BCUT2D eigenvalue weighted by molar-refractivity contribution is -0.904. The average molecular weight is 262 g/mol. The summed E-state index contributed by atoms with van der Waals surface area (Å²) in [6.07, 6.45) is 5.87. The summed E-state index contributed by atoms with van der Waals surface area (Å²) in [6, 6.07) is 7.80. The van der Waals surface area contributed by atoms with Crippen molar-refractivity contribution in [3.05, 3.63) is 36.9 Å². The van der Waals surface area contributed by atoms with Gasteiger partial charge in [0.2, 0.25) is 0 Å². The quantitative estimate of drug-likeness (QED) is 0.756. The molecule has 1 aliphatic rings. The lowest BCUT2D eigenvalue weighted by atomic mass is 10.1. The van der Waals surface area contributed by atoms with E-state index in [1.807, 2.05) is 24.3 Å². The molecule has 1 aromatic carbocycles. The van der Waals surface area contributed by atoms with Gasteiger partial charge in [-0.2, -0.15) is 0 Å². The van der Waals surface area contributed by atoms with Crippen LogP contribution >= 0.6 is 0 Å². The molecule has 0 bridgehead atoms. The summed E-state index contributed by atoms with van der Waals surface area (Å²) in [5, 5.41) is 0. The predicted molar refractivity (Wildman–Crippen MR) is 77.0 cm³/mol. The Morgan fingerprint density at radius 1 is 1.00 bits per heavy atom. The summed E-state index contributed by atoms with van der Waals surface area (Å²) in [5.74, 6) is 1.77. The molecule has 2 rings (SSSR count). The SMILES string of the molecule is C=CCOc1ccc(OCC[NH+]2CCCCC2)cc1. The van der Waals surface area contributed by atoms with E-state index in [1.165, 1.54) is 32.4 Å². The molecule has 0 amide bonds. The third-order valence-electron chi connectivity index (χ3n) is 3.48. The fraction of sp³-hybridized carbons (Fsp3) is 0.500. The minimum Gasteiger partial charge on any atom is -0.490 e. The number of benzene rings is 1. The first-order valence-corrected chi connectivity index (χ1v) is 7.18. The zero-order valence-corrected chi connectivity index (χ0v) is 11.6. The van der Waals surface area contributed by atoms with Crippen LogP contribution in [0, 0.1) is 0 Å². The summed E-state index contributed by atoms with van der Waals surface area (Å²) in [4.78, 5) is 1.68. The molecule has 1 N–H and O–H groups in total. The molecule has 104 valence electrons. The minimum absolute atomic E-state index is 0.540. The van der Waals surface area contributed by atoms with Crippen LogP contribution in [-0.4, -0.2) is 32.8 Å². The van der Waals surface area contributed by atoms with Gasteiger partial charge in [-0.05, 0) is 43.5 Å². The molecule has 1 saturated heterocycles. The standard InChI is InChI=1S/C16H23NO2/c1-2-13-18-15-6-8-16(9-7-15)19-14-12-17-10-4-3-5-11-17/h2,6-9H,1,3-5,10-14H2/p+1. The van der Waals surface area contributed by atoms with Crippen LogP contribution in [0.4, 0.5) is 0 Å². The van der Waals surface area contributed by atoms with Crippen molar-refractivity contribution in [1.29, 1.82) is 0 Å². The molecule has 0 saturated carbocycles. The van der Waals surface area contributed by atoms with Crippen molar-refractivity contribution in [2.45, 2.75) is 19.3 Å². The van der Waals surface area contributed by atoms with Crippen molar-refractivity contribution in [1.82, 2.24) is 0 Å². The smallest absolute Gasteiger partial charge is 0.137 e. The highest BCUT2D eigenvalue weighted by molar-refractivity contribution is 5.31. The van der Waals surface area contributed by atoms with Crippen molar-refractivity contribution < 1.29 is 14.4 Å². The zero-order valence-electron chi connectivity index (χ0n) is 11.6. The van der Waals surface area contributed by atoms with Crippen LogP contribution in [0.5, 0.6) is 11.5 Å². The van der Waals surface area contributed by atoms with Gasteiger partial charge in [0, 0.05) is 0 Å². The lowest BCUT2D eigenvalue weighted by Gasteiger charge is -2.23. The number of hydrogen-bond acceptors (Lipinski definition) is 2. The van der Waals surface area contributed by atoms with Gasteiger partial charge in [0.05, 0.1) is 13.1 Å². The molecule has 0 radical (unpaired) electrons. The Morgan fingerprint density at radius 2 is 1.63 bits per heavy atom. The van der Waals surface area contributed by atoms with Gasteiger partial charge in [-0.3, -0.25) is 0 Å². The highest BCUT2D eigenvalue weighted by atomic mass is 16.5. The summed E-state index contributed by atoms with van der Waals surface area (Å²) >= 11 is 0. The molecule has 0 aromatic heterocycles. The maximum Gasteiger partial charge on any atom is 0.137 e. The van der Waals surface area contributed by atoms with E-state index in [1.54, 1.807) is 11.0 Å². The van der Waals surface area contributed by atoms with Gasteiger partial charge >= 0.3 is 0 Å². The van der Waals surface area contributed by atoms with Crippen LogP contribution in [0.3, 0.4) is 0 Å². The van der Waals surface area contributed by atoms with E-state index in [9.17, 15) is 0 Å². The number of hydrogen-bond donors (Lipinski definition) is 1. The fourth-order valence-corrected chi connectivity index (χ4v) is 2.40. The summed E-state index contributed by atoms with van der Waals surface area (Å²) in [7, 11) is 0. The Balaban J connectivity index is 1.68. The number of quaternary nitrogens is 1. The van der Waals surface area contributed by atoms with Crippen LogP contribution in [0.2, 0.25) is 0 Å². The van der Waals surface area contributed by atoms with E-state index in [0.717, 1.165) is 24.7 Å². The van der Waals surface area contributed by atoms with Gasteiger partial charge in [-0.25, -0.2) is 0 Å². The van der Waals surface area contributed by atoms with Gasteiger partial charge in [0.1, 0.15) is 31.3 Å². The van der Waals surface area contributed by atoms with E-state index >= 15 is 0 Å². The number of piperidine rings is 1. The lowest BCUT2D eigenvalue weighted by Crippen LogP contribution is -3.13. The third-order valence-corrected chi connectivity index (χ3v) is 3.48. The predicted octanol–water partition coefficient (Wildman–Crippen LogP) is 1.70. The molecule has 0 aliphatic carbocycles. The molecule has 3 nitrogen and oxygen atoms in total. The van der Waals surface area contributed by atoms with Crippen LogP contribution in [-0.2, 0) is 0 Å². The molecule has 1 heterocycles. The van der Waals surface area contributed by atoms with E-state index in [0.29, 0.717) is 6.61 Å². The Labute approximate surface area is 115 Å². The third kappa shape index (κ3) is 4.95. The maximum atomic E-state index is 5.77. The normalized spacial score (nSPS) is 16.0. The number of ether oxygens (including phenoxy) is 2. The van der Waals surface area contributed by atoms with Crippen molar-refractivity contribution in [2.75, 3.05) is 32.8 Å². The Bertz CT molecular complexity index is 369. The second-order valence-corrected chi connectivity index (χ2v) is 4.98. The van der Waals surface area contributed by atoms with Crippen molar-refractivity contribution in [2.24, 2.45) is 0 Å². The van der Waals surface area contributed by atoms with E-state index in [2.05, 4.69) is 6.58 Å². The monoisotopic (exact) mass is 262 g/mol. The van der Waals surface area contributed by atoms with E-state index < -0.39 is 0 Å². The molecule has 1 fully saturated rings. The highest BCUT2D eigenvalue weighted by Gasteiger charge is 2.12.